The van der Waals surface area contributed by atoms with Gasteiger partial charge in [0.15, 0.2) is 0 Å². The third kappa shape index (κ3) is 4.40. The van der Waals surface area contributed by atoms with Crippen LogP contribution in [-0.2, 0) is 4.74 Å². The lowest BCUT2D eigenvalue weighted by atomic mass is 10.1. The number of carbonyl (C=O) groups is 1. The van der Waals surface area contributed by atoms with Gasteiger partial charge < -0.3 is 9.64 Å². The Bertz CT molecular complexity index is 1000. The predicted octanol–water partition coefficient (Wildman–Crippen LogP) is 3.48. The summed E-state index contributed by atoms with van der Waals surface area (Å²) in [5.41, 5.74) is 3.29. The van der Waals surface area contributed by atoms with Crippen molar-refractivity contribution in [2.45, 2.75) is 18.9 Å². The second-order valence-electron chi connectivity index (χ2n) is 8.27. The summed E-state index contributed by atoms with van der Waals surface area (Å²) in [6.07, 6.45) is 4.55. The molecule has 2 aromatic carbocycles. The van der Waals surface area contributed by atoms with Crippen LogP contribution in [0.2, 0.25) is 0 Å². The van der Waals surface area contributed by atoms with Crippen LogP contribution in [0.4, 0.5) is 0 Å². The van der Waals surface area contributed by atoms with Gasteiger partial charge in [-0.1, -0.05) is 48.5 Å². The highest BCUT2D eigenvalue weighted by Gasteiger charge is 2.28. The zero-order chi connectivity index (χ0) is 21.0. The number of hydrogen-bond donors (Lipinski definition) is 0. The van der Waals surface area contributed by atoms with Gasteiger partial charge in [-0.05, 0) is 25.0 Å². The molecule has 1 aromatic heterocycles. The van der Waals surface area contributed by atoms with Crippen LogP contribution in [0.15, 0.2) is 66.9 Å². The van der Waals surface area contributed by atoms with E-state index in [1.165, 1.54) is 0 Å². The third-order valence-corrected chi connectivity index (χ3v) is 6.16. The lowest BCUT2D eigenvalue weighted by molar-refractivity contribution is 0.0433. The molecule has 3 aromatic rings. The van der Waals surface area contributed by atoms with Crippen LogP contribution in [0.5, 0.6) is 0 Å². The normalized spacial score (nSPS) is 19.6. The maximum atomic E-state index is 13.5. The maximum absolute atomic E-state index is 13.5. The van der Waals surface area contributed by atoms with E-state index in [9.17, 15) is 4.79 Å². The zero-order valence-corrected chi connectivity index (χ0v) is 17.7. The standard InChI is InChI=1S/C25H28N4O2/c30-25(28-15-13-27(14-16-28)18-22-12-7-17-31-22)23-19-29(21-10-5-2-6-11-21)26-24(23)20-8-3-1-4-9-20/h1-6,8-11,19,22H,7,12-18H2. The minimum absolute atomic E-state index is 0.0535. The molecule has 1 atom stereocenters. The molecule has 0 spiro atoms. The van der Waals surface area contributed by atoms with Gasteiger partial charge in [0, 0.05) is 51.1 Å². The fraction of sp³-hybridized carbons (Fsp3) is 0.360. The highest BCUT2D eigenvalue weighted by Crippen LogP contribution is 2.25. The van der Waals surface area contributed by atoms with Crippen LogP contribution in [0.25, 0.3) is 16.9 Å². The third-order valence-electron chi connectivity index (χ3n) is 6.16. The summed E-state index contributed by atoms with van der Waals surface area (Å²) in [5, 5.41) is 4.79. The first kappa shape index (κ1) is 20.0. The number of benzene rings is 2. The Balaban J connectivity index is 1.36. The molecule has 6 nitrogen and oxygen atoms in total. The molecule has 0 bridgehead atoms. The summed E-state index contributed by atoms with van der Waals surface area (Å²) in [6, 6.07) is 19.9. The van der Waals surface area contributed by atoms with Crippen LogP contribution >= 0.6 is 0 Å². The van der Waals surface area contributed by atoms with Crippen molar-refractivity contribution in [3.8, 4) is 16.9 Å². The van der Waals surface area contributed by atoms with E-state index in [1.54, 1.807) is 0 Å². The molecule has 0 N–H and O–H groups in total. The number of hydrogen-bond acceptors (Lipinski definition) is 4. The van der Waals surface area contributed by atoms with Gasteiger partial charge in [-0.15, -0.1) is 0 Å². The molecular weight excluding hydrogens is 388 g/mol. The van der Waals surface area contributed by atoms with Crippen molar-refractivity contribution in [1.29, 1.82) is 0 Å². The van der Waals surface area contributed by atoms with E-state index < -0.39 is 0 Å². The smallest absolute Gasteiger partial charge is 0.257 e. The summed E-state index contributed by atoms with van der Waals surface area (Å²) < 4.78 is 7.58. The maximum Gasteiger partial charge on any atom is 0.257 e. The van der Waals surface area contributed by atoms with E-state index in [0.717, 1.165) is 69.1 Å². The van der Waals surface area contributed by atoms with Crippen LogP contribution in [0.3, 0.4) is 0 Å². The van der Waals surface area contributed by atoms with E-state index in [4.69, 9.17) is 9.84 Å². The minimum Gasteiger partial charge on any atom is -0.377 e. The first-order valence-corrected chi connectivity index (χ1v) is 11.1. The van der Waals surface area contributed by atoms with Gasteiger partial charge in [0.05, 0.1) is 17.4 Å². The number of para-hydroxylation sites is 1. The second kappa shape index (κ2) is 9.04. The SMILES string of the molecule is O=C(c1cn(-c2ccccc2)nc1-c1ccccc1)N1CCN(CC2CCCO2)CC1. The molecule has 2 aliphatic heterocycles. The van der Waals surface area contributed by atoms with E-state index >= 15 is 0 Å². The topological polar surface area (TPSA) is 50.6 Å². The number of piperazine rings is 1. The molecule has 1 amide bonds. The Hall–Kier alpha value is -2.96. The molecule has 2 aliphatic rings. The molecule has 160 valence electrons. The van der Waals surface area contributed by atoms with E-state index in [0.29, 0.717) is 11.7 Å². The Morgan fingerprint density at radius 2 is 1.68 bits per heavy atom. The average Bonchev–Trinajstić information content (AvgIpc) is 3.51. The summed E-state index contributed by atoms with van der Waals surface area (Å²) in [4.78, 5) is 17.9. The Morgan fingerprint density at radius 1 is 0.968 bits per heavy atom. The number of nitrogens with zero attached hydrogens (tertiary/aromatic N) is 4. The molecule has 2 saturated heterocycles. The Labute approximate surface area is 183 Å². The number of rotatable bonds is 5. The molecule has 6 heteroatoms. The van der Waals surface area contributed by atoms with Gasteiger partial charge in [0.25, 0.3) is 5.91 Å². The van der Waals surface area contributed by atoms with Crippen molar-refractivity contribution in [2.75, 3.05) is 39.3 Å². The van der Waals surface area contributed by atoms with Crippen molar-refractivity contribution < 1.29 is 9.53 Å². The van der Waals surface area contributed by atoms with Crippen LogP contribution < -0.4 is 0 Å². The van der Waals surface area contributed by atoms with Gasteiger partial charge in [0.1, 0.15) is 5.69 Å². The molecule has 0 saturated carbocycles. The summed E-state index contributed by atoms with van der Waals surface area (Å²) in [5.74, 6) is 0.0535. The van der Waals surface area contributed by atoms with Crippen LogP contribution in [0, 0.1) is 0 Å². The Morgan fingerprint density at radius 3 is 2.35 bits per heavy atom. The van der Waals surface area contributed by atoms with Gasteiger partial charge in [0.2, 0.25) is 0 Å². The van der Waals surface area contributed by atoms with Gasteiger partial charge in [-0.2, -0.15) is 5.10 Å². The molecule has 0 radical (unpaired) electrons. The van der Waals surface area contributed by atoms with E-state index in [-0.39, 0.29) is 5.91 Å². The molecule has 5 rings (SSSR count). The fourth-order valence-corrected chi connectivity index (χ4v) is 4.43. The fourth-order valence-electron chi connectivity index (χ4n) is 4.43. The van der Waals surface area contributed by atoms with Crippen molar-refractivity contribution in [3.63, 3.8) is 0 Å². The first-order valence-electron chi connectivity index (χ1n) is 11.1. The Kier molecular flexibility index (Phi) is 5.82. The van der Waals surface area contributed by atoms with Gasteiger partial charge in [-0.3, -0.25) is 9.69 Å². The molecule has 0 aliphatic carbocycles. The highest BCUT2D eigenvalue weighted by molar-refractivity contribution is 6.00. The van der Waals surface area contributed by atoms with Crippen LogP contribution in [0.1, 0.15) is 23.2 Å². The molecule has 2 fully saturated rings. The molecular formula is C25H28N4O2. The molecule has 1 unspecified atom stereocenters. The lowest BCUT2D eigenvalue weighted by Gasteiger charge is -2.35. The molecule has 31 heavy (non-hydrogen) atoms. The average molecular weight is 417 g/mol. The van der Waals surface area contributed by atoms with E-state index in [2.05, 4.69) is 4.90 Å². The van der Waals surface area contributed by atoms with Crippen LogP contribution in [-0.4, -0.2) is 70.9 Å². The predicted molar refractivity (Wildman–Crippen MR) is 120 cm³/mol. The summed E-state index contributed by atoms with van der Waals surface area (Å²) in [7, 11) is 0. The highest BCUT2D eigenvalue weighted by atomic mass is 16.5. The second-order valence-corrected chi connectivity index (χ2v) is 8.27. The van der Waals surface area contributed by atoms with E-state index in [1.807, 2.05) is 76.4 Å². The summed E-state index contributed by atoms with van der Waals surface area (Å²) >= 11 is 0. The number of carbonyl (C=O) groups excluding carboxylic acids is 1. The minimum atomic E-state index is 0.0535. The lowest BCUT2D eigenvalue weighted by Crippen LogP contribution is -2.50. The summed E-state index contributed by atoms with van der Waals surface area (Å²) in [6.45, 7) is 5.10. The number of amides is 1. The number of aromatic nitrogens is 2. The van der Waals surface area contributed by atoms with Crippen molar-refractivity contribution in [1.82, 2.24) is 19.6 Å². The first-order chi connectivity index (χ1) is 15.3. The van der Waals surface area contributed by atoms with Gasteiger partial charge in [-0.25, -0.2) is 4.68 Å². The molecule has 3 heterocycles. The van der Waals surface area contributed by atoms with Crippen molar-refractivity contribution in [3.05, 3.63) is 72.4 Å². The van der Waals surface area contributed by atoms with Crippen molar-refractivity contribution >= 4 is 5.91 Å². The zero-order valence-electron chi connectivity index (χ0n) is 17.7. The number of ether oxygens (including phenoxy) is 1. The van der Waals surface area contributed by atoms with Gasteiger partial charge >= 0.3 is 0 Å². The monoisotopic (exact) mass is 416 g/mol. The largest absolute Gasteiger partial charge is 0.377 e. The quantitative estimate of drug-likeness (QED) is 0.639. The van der Waals surface area contributed by atoms with Crippen molar-refractivity contribution in [2.24, 2.45) is 0 Å².